The number of rotatable bonds is 51. The average molecular weight is 901 g/mol. The number of ether oxygens (including phenoxy) is 1. The average Bonchev–Trinajstić information content (AvgIpc) is 3.29. The van der Waals surface area contributed by atoms with Crippen molar-refractivity contribution in [2.24, 2.45) is 0 Å². The molecule has 3 N–H and O–H groups in total. The van der Waals surface area contributed by atoms with E-state index in [1.54, 1.807) is 0 Å². The molecule has 3 unspecified atom stereocenters. The first-order chi connectivity index (χ1) is 31.5. The highest BCUT2D eigenvalue weighted by molar-refractivity contribution is 5.77. The van der Waals surface area contributed by atoms with Crippen LogP contribution in [0.5, 0.6) is 0 Å². The number of aliphatic hydroxyl groups excluding tert-OH is 2. The molecule has 0 saturated heterocycles. The standard InChI is InChI=1S/C58H109NO5/c1-4-7-10-13-16-19-22-25-27-28-30-32-34-37-40-43-46-49-54(64-58(63)51-48-45-42-39-36-31-24-21-18-15-12-9-6-3)52-57(62)59-55(53-60)56(61)50-47-44-41-38-35-33-29-26-23-20-17-14-11-8-5-2/h9,12,15,18,21,24,54-56,60-61H,4-8,10-11,13-14,16-17,19-20,22-23,25-53H2,1-3H3,(H,59,62)/b12-9+,18-15+,24-21-. The van der Waals surface area contributed by atoms with E-state index in [2.05, 4.69) is 62.5 Å². The van der Waals surface area contributed by atoms with Crippen LogP contribution < -0.4 is 5.32 Å². The van der Waals surface area contributed by atoms with Gasteiger partial charge in [-0.15, -0.1) is 0 Å². The molecule has 0 bridgehead atoms. The van der Waals surface area contributed by atoms with Crippen LogP contribution in [-0.2, 0) is 14.3 Å². The Morgan fingerprint density at radius 3 is 1.27 bits per heavy atom. The van der Waals surface area contributed by atoms with Crippen molar-refractivity contribution in [3.8, 4) is 0 Å². The normalized spacial score (nSPS) is 13.4. The van der Waals surface area contributed by atoms with E-state index in [0.29, 0.717) is 19.3 Å². The number of unbranched alkanes of at least 4 members (excludes halogenated alkanes) is 35. The number of hydrogen-bond donors (Lipinski definition) is 3. The van der Waals surface area contributed by atoms with Crippen molar-refractivity contribution >= 4 is 11.9 Å². The Labute approximate surface area is 398 Å². The predicted molar refractivity (Wildman–Crippen MR) is 278 cm³/mol. The van der Waals surface area contributed by atoms with Crippen LogP contribution in [0.2, 0.25) is 0 Å². The first kappa shape index (κ1) is 62.1. The lowest BCUT2D eigenvalue weighted by molar-refractivity contribution is -0.151. The highest BCUT2D eigenvalue weighted by atomic mass is 16.5. The van der Waals surface area contributed by atoms with E-state index in [0.717, 1.165) is 70.6 Å². The summed E-state index contributed by atoms with van der Waals surface area (Å²) in [5.41, 5.74) is 0. The number of aliphatic hydroxyl groups is 2. The van der Waals surface area contributed by atoms with Crippen LogP contribution >= 0.6 is 0 Å². The topological polar surface area (TPSA) is 95.9 Å². The SMILES string of the molecule is CC/C=C/C=C/C=C\CCCCCCCC(=O)OC(CCCCCCCCCCCCCCCCCCC)CC(=O)NC(CO)C(O)CCCCCCCCCCCCCCCCC. The van der Waals surface area contributed by atoms with Gasteiger partial charge in [-0.25, -0.2) is 0 Å². The Morgan fingerprint density at radius 2 is 0.844 bits per heavy atom. The van der Waals surface area contributed by atoms with Gasteiger partial charge in [-0.2, -0.15) is 0 Å². The Balaban J connectivity index is 4.54. The molecule has 0 aliphatic rings. The maximum atomic E-state index is 13.3. The Kier molecular flexibility index (Phi) is 50.5. The summed E-state index contributed by atoms with van der Waals surface area (Å²) in [5, 5.41) is 23.9. The van der Waals surface area contributed by atoms with Gasteiger partial charge in [0, 0.05) is 6.42 Å². The maximum absolute atomic E-state index is 13.3. The molecule has 0 heterocycles. The molecular weight excluding hydrogens is 791 g/mol. The fourth-order valence-corrected chi connectivity index (χ4v) is 8.79. The lowest BCUT2D eigenvalue weighted by atomic mass is 10.0. The lowest BCUT2D eigenvalue weighted by Gasteiger charge is -2.24. The first-order valence-electron chi connectivity index (χ1n) is 28.2. The molecule has 0 radical (unpaired) electrons. The van der Waals surface area contributed by atoms with Gasteiger partial charge < -0.3 is 20.3 Å². The Hall–Kier alpha value is -1.92. The van der Waals surface area contributed by atoms with Gasteiger partial charge in [-0.3, -0.25) is 9.59 Å². The number of carbonyl (C=O) groups is 2. The maximum Gasteiger partial charge on any atom is 0.306 e. The summed E-state index contributed by atoms with van der Waals surface area (Å²) < 4.78 is 5.95. The summed E-state index contributed by atoms with van der Waals surface area (Å²) in [6.07, 6.45) is 62.1. The molecule has 0 spiro atoms. The second-order valence-electron chi connectivity index (χ2n) is 19.4. The largest absolute Gasteiger partial charge is 0.462 e. The summed E-state index contributed by atoms with van der Waals surface area (Å²) >= 11 is 0. The van der Waals surface area contributed by atoms with Gasteiger partial charge in [0.15, 0.2) is 0 Å². The van der Waals surface area contributed by atoms with Crippen molar-refractivity contribution in [2.75, 3.05) is 6.61 Å². The minimum Gasteiger partial charge on any atom is -0.462 e. The fourth-order valence-electron chi connectivity index (χ4n) is 8.79. The quantitative estimate of drug-likeness (QED) is 0.0321. The van der Waals surface area contributed by atoms with Gasteiger partial charge in [0.2, 0.25) is 5.91 Å². The second kappa shape index (κ2) is 52.1. The molecule has 0 aliphatic heterocycles. The molecule has 0 rings (SSSR count). The van der Waals surface area contributed by atoms with Crippen LogP contribution in [0.1, 0.15) is 297 Å². The zero-order chi connectivity index (χ0) is 46.7. The van der Waals surface area contributed by atoms with Gasteiger partial charge >= 0.3 is 5.97 Å². The van der Waals surface area contributed by atoms with E-state index in [1.165, 1.54) is 180 Å². The molecule has 3 atom stereocenters. The van der Waals surface area contributed by atoms with Gasteiger partial charge in [0.25, 0.3) is 0 Å². The van der Waals surface area contributed by atoms with Crippen molar-refractivity contribution in [1.82, 2.24) is 5.32 Å². The van der Waals surface area contributed by atoms with Gasteiger partial charge in [0.1, 0.15) is 6.10 Å². The molecule has 0 aromatic heterocycles. The molecule has 376 valence electrons. The predicted octanol–water partition coefficient (Wildman–Crippen LogP) is 17.2. The van der Waals surface area contributed by atoms with Crippen molar-refractivity contribution < 1.29 is 24.5 Å². The zero-order valence-electron chi connectivity index (χ0n) is 42.9. The van der Waals surface area contributed by atoms with Gasteiger partial charge in [-0.05, 0) is 44.9 Å². The van der Waals surface area contributed by atoms with E-state index in [9.17, 15) is 19.8 Å². The first-order valence-corrected chi connectivity index (χ1v) is 28.2. The third kappa shape index (κ3) is 46.6. The van der Waals surface area contributed by atoms with Crippen LogP contribution in [-0.4, -0.2) is 46.9 Å². The molecule has 0 fully saturated rings. The molecule has 6 nitrogen and oxygen atoms in total. The summed E-state index contributed by atoms with van der Waals surface area (Å²) in [5.74, 6) is -0.482. The number of allylic oxidation sites excluding steroid dienone is 6. The number of esters is 1. The van der Waals surface area contributed by atoms with Crippen LogP contribution in [0.4, 0.5) is 0 Å². The van der Waals surface area contributed by atoms with Crippen LogP contribution in [0, 0.1) is 0 Å². The number of carbonyl (C=O) groups excluding carboxylic acids is 2. The summed E-state index contributed by atoms with van der Waals surface area (Å²) in [6, 6.07) is -0.703. The summed E-state index contributed by atoms with van der Waals surface area (Å²) in [4.78, 5) is 26.2. The molecule has 0 saturated carbocycles. The number of amides is 1. The van der Waals surface area contributed by atoms with E-state index >= 15 is 0 Å². The monoisotopic (exact) mass is 900 g/mol. The molecule has 0 aliphatic carbocycles. The van der Waals surface area contributed by atoms with Crippen LogP contribution in [0.25, 0.3) is 0 Å². The van der Waals surface area contributed by atoms with Crippen LogP contribution in [0.15, 0.2) is 36.5 Å². The third-order valence-electron chi connectivity index (χ3n) is 13.0. The lowest BCUT2D eigenvalue weighted by Crippen LogP contribution is -2.46. The van der Waals surface area contributed by atoms with Crippen molar-refractivity contribution in [2.45, 2.75) is 315 Å². The van der Waals surface area contributed by atoms with Crippen molar-refractivity contribution in [3.63, 3.8) is 0 Å². The molecule has 0 aromatic rings. The third-order valence-corrected chi connectivity index (χ3v) is 13.0. The second-order valence-corrected chi connectivity index (χ2v) is 19.4. The van der Waals surface area contributed by atoms with Crippen molar-refractivity contribution in [3.05, 3.63) is 36.5 Å². The smallest absolute Gasteiger partial charge is 0.306 e. The summed E-state index contributed by atoms with van der Waals surface area (Å²) in [7, 11) is 0. The van der Waals surface area contributed by atoms with E-state index in [-0.39, 0.29) is 24.9 Å². The van der Waals surface area contributed by atoms with Gasteiger partial charge in [0.05, 0.1) is 25.2 Å². The number of nitrogens with one attached hydrogen (secondary N) is 1. The molecule has 6 heteroatoms. The van der Waals surface area contributed by atoms with E-state index in [4.69, 9.17) is 4.74 Å². The molecule has 64 heavy (non-hydrogen) atoms. The van der Waals surface area contributed by atoms with Crippen LogP contribution in [0.3, 0.4) is 0 Å². The minimum atomic E-state index is -0.789. The van der Waals surface area contributed by atoms with E-state index < -0.39 is 18.2 Å². The molecule has 1 amide bonds. The highest BCUT2D eigenvalue weighted by Crippen LogP contribution is 2.19. The van der Waals surface area contributed by atoms with Gasteiger partial charge in [-0.1, -0.05) is 276 Å². The van der Waals surface area contributed by atoms with E-state index in [1.807, 2.05) is 0 Å². The Bertz CT molecular complexity index is 1060. The molecule has 0 aromatic carbocycles. The highest BCUT2D eigenvalue weighted by Gasteiger charge is 2.24. The summed E-state index contributed by atoms with van der Waals surface area (Å²) in [6.45, 7) is 6.38. The molecular formula is C58H109NO5. The minimum absolute atomic E-state index is 0.0738. The number of hydrogen-bond acceptors (Lipinski definition) is 5. The Morgan fingerprint density at radius 1 is 0.469 bits per heavy atom. The fraction of sp³-hybridized carbons (Fsp3) is 0.862. The van der Waals surface area contributed by atoms with Crippen molar-refractivity contribution in [1.29, 1.82) is 0 Å². The zero-order valence-corrected chi connectivity index (χ0v) is 42.9.